The largest absolute Gasteiger partial charge is 0.382 e. The van der Waals surface area contributed by atoms with Crippen molar-refractivity contribution in [2.24, 2.45) is 5.92 Å². The van der Waals surface area contributed by atoms with E-state index in [4.69, 9.17) is 47.4 Å². The van der Waals surface area contributed by atoms with Gasteiger partial charge in [0, 0.05) is 34.4 Å². The van der Waals surface area contributed by atoms with Gasteiger partial charge in [-0.1, -0.05) is 6.92 Å². The van der Waals surface area contributed by atoms with Crippen LogP contribution in [0.3, 0.4) is 0 Å². The normalized spacial score (nSPS) is 12.0. The fourth-order valence-electron chi connectivity index (χ4n) is 2.37. The van der Waals surface area contributed by atoms with Gasteiger partial charge in [0.2, 0.25) is 0 Å². The van der Waals surface area contributed by atoms with Crippen molar-refractivity contribution in [1.29, 1.82) is 0 Å². The third kappa shape index (κ3) is 21.4. The summed E-state index contributed by atoms with van der Waals surface area (Å²) in [6.45, 7) is 9.10. The van der Waals surface area contributed by atoms with Crippen LogP contribution in [0.2, 0.25) is 0 Å². The highest BCUT2D eigenvalue weighted by Gasteiger charge is 2.16. The van der Waals surface area contributed by atoms with Gasteiger partial charge in [-0.2, -0.15) is 0 Å². The van der Waals surface area contributed by atoms with Crippen LogP contribution in [-0.4, -0.2) is 133 Å². The van der Waals surface area contributed by atoms with Gasteiger partial charge in [0.25, 0.3) is 0 Å². The van der Waals surface area contributed by atoms with Crippen molar-refractivity contribution in [1.82, 2.24) is 0 Å². The minimum absolute atomic E-state index is 0.170. The molecule has 194 valence electrons. The van der Waals surface area contributed by atoms with Crippen molar-refractivity contribution >= 4 is 0 Å². The van der Waals surface area contributed by atoms with Crippen LogP contribution >= 0.6 is 0 Å². The van der Waals surface area contributed by atoms with Gasteiger partial charge >= 0.3 is 0 Å². The molecule has 10 nitrogen and oxygen atoms in total. The average molecular weight is 471 g/mol. The Balaban J connectivity index is 4.31. The maximum absolute atomic E-state index is 6.02. The molecule has 0 amide bonds. The third-order valence-electron chi connectivity index (χ3n) is 4.18. The van der Waals surface area contributed by atoms with Crippen LogP contribution < -0.4 is 0 Å². The van der Waals surface area contributed by atoms with Gasteiger partial charge in [0.15, 0.2) is 0 Å². The Morgan fingerprint density at radius 1 is 0.406 bits per heavy atom. The summed E-state index contributed by atoms with van der Waals surface area (Å²) in [7, 11) is 6.58. The second-order valence-electron chi connectivity index (χ2n) is 7.29. The molecule has 0 fully saturated rings. The Hall–Kier alpha value is -0.400. The van der Waals surface area contributed by atoms with Crippen molar-refractivity contribution in [3.05, 3.63) is 0 Å². The molecule has 0 N–H and O–H groups in total. The highest BCUT2D eigenvalue weighted by Crippen LogP contribution is 2.06. The highest BCUT2D eigenvalue weighted by atomic mass is 16.6. The topological polar surface area (TPSA) is 92.3 Å². The zero-order chi connectivity index (χ0) is 23.7. The van der Waals surface area contributed by atoms with Crippen molar-refractivity contribution in [3.8, 4) is 0 Å². The molecule has 0 radical (unpaired) electrons. The van der Waals surface area contributed by atoms with Crippen molar-refractivity contribution in [2.75, 3.05) is 121 Å². The van der Waals surface area contributed by atoms with Crippen LogP contribution in [-0.2, 0) is 47.4 Å². The zero-order valence-corrected chi connectivity index (χ0v) is 20.7. The molecule has 32 heavy (non-hydrogen) atoms. The summed E-state index contributed by atoms with van der Waals surface area (Å²) in [5.41, 5.74) is 0. The molecular formula is C22H46O10. The number of rotatable bonds is 26. The van der Waals surface area contributed by atoms with Crippen molar-refractivity contribution in [2.45, 2.75) is 19.1 Å². The molecule has 0 aliphatic heterocycles. The smallest absolute Gasteiger partial charge is 0.104 e. The molecule has 0 aliphatic carbocycles. The Kier molecular flexibility index (Phi) is 24.9. The number of hydrogen-bond acceptors (Lipinski definition) is 10. The summed E-state index contributed by atoms with van der Waals surface area (Å²) in [5.74, 6) is 0.177. The summed E-state index contributed by atoms with van der Waals surface area (Å²) in [6, 6.07) is 0. The monoisotopic (exact) mass is 470 g/mol. The van der Waals surface area contributed by atoms with Crippen LogP contribution in [0, 0.1) is 5.92 Å². The van der Waals surface area contributed by atoms with Crippen molar-refractivity contribution in [3.63, 3.8) is 0 Å². The summed E-state index contributed by atoms with van der Waals surface area (Å²) >= 11 is 0. The van der Waals surface area contributed by atoms with E-state index in [0.29, 0.717) is 92.5 Å². The zero-order valence-electron chi connectivity index (χ0n) is 20.7. The molecule has 0 unspecified atom stereocenters. The van der Waals surface area contributed by atoms with Crippen LogP contribution in [0.5, 0.6) is 0 Å². The Morgan fingerprint density at radius 3 is 0.938 bits per heavy atom. The van der Waals surface area contributed by atoms with E-state index in [0.717, 1.165) is 0 Å². The minimum atomic E-state index is -0.170. The first-order chi connectivity index (χ1) is 15.7. The molecule has 10 heteroatoms. The molecule has 0 aromatic heterocycles. The van der Waals surface area contributed by atoms with Gasteiger partial charge in [-0.15, -0.1) is 0 Å². The number of methoxy groups -OCH3 is 4. The molecule has 0 rings (SSSR count). The molecule has 0 aliphatic rings. The van der Waals surface area contributed by atoms with E-state index in [9.17, 15) is 0 Å². The van der Waals surface area contributed by atoms with Crippen LogP contribution in [0.4, 0.5) is 0 Å². The molecule has 0 heterocycles. The summed E-state index contributed by atoms with van der Waals surface area (Å²) < 4.78 is 54.5. The fourth-order valence-corrected chi connectivity index (χ4v) is 2.37. The van der Waals surface area contributed by atoms with E-state index >= 15 is 0 Å². The van der Waals surface area contributed by atoms with Crippen molar-refractivity contribution < 1.29 is 47.4 Å². The van der Waals surface area contributed by atoms with Crippen LogP contribution in [0.25, 0.3) is 0 Å². The predicted molar refractivity (Wildman–Crippen MR) is 119 cm³/mol. The van der Waals surface area contributed by atoms with E-state index in [-0.39, 0.29) is 18.1 Å². The minimum Gasteiger partial charge on any atom is -0.382 e. The van der Waals surface area contributed by atoms with E-state index in [1.54, 1.807) is 28.4 Å². The molecule has 0 aromatic rings. The quantitative estimate of drug-likeness (QED) is 0.171. The third-order valence-corrected chi connectivity index (χ3v) is 4.18. The average Bonchev–Trinajstić information content (AvgIpc) is 2.80. The molecule has 0 saturated carbocycles. The predicted octanol–water partition coefficient (Wildman–Crippen LogP) is 1.04. The maximum atomic E-state index is 6.02. The lowest BCUT2D eigenvalue weighted by atomic mass is 10.2. The van der Waals surface area contributed by atoms with Crippen LogP contribution in [0.15, 0.2) is 0 Å². The second kappa shape index (κ2) is 25.2. The Bertz CT molecular complexity index is 306. The van der Waals surface area contributed by atoms with Gasteiger partial charge < -0.3 is 47.4 Å². The summed E-state index contributed by atoms with van der Waals surface area (Å²) in [4.78, 5) is 0. The van der Waals surface area contributed by atoms with E-state index < -0.39 is 0 Å². The first-order valence-electron chi connectivity index (χ1n) is 11.2. The molecule has 0 bridgehead atoms. The first kappa shape index (κ1) is 31.6. The van der Waals surface area contributed by atoms with Gasteiger partial charge in [-0.25, -0.2) is 0 Å². The molecule has 0 saturated heterocycles. The standard InChI is InChI=1S/C22H46O10/c1-20(14-31-21(16-27-10-6-23-2)17-28-11-7-24-3)15-32-22(18-29-12-8-25-4)19-30-13-9-26-5/h20-22H,6-19H2,1-5H3. The molecule has 0 aromatic carbocycles. The maximum Gasteiger partial charge on any atom is 0.104 e. The molecule has 0 atom stereocenters. The van der Waals surface area contributed by atoms with Gasteiger partial charge in [-0.3, -0.25) is 0 Å². The highest BCUT2D eigenvalue weighted by molar-refractivity contribution is 4.61. The van der Waals surface area contributed by atoms with E-state index in [2.05, 4.69) is 6.92 Å². The lowest BCUT2D eigenvalue weighted by Crippen LogP contribution is -2.32. The fraction of sp³-hybridized carbons (Fsp3) is 1.00. The summed E-state index contributed by atoms with van der Waals surface area (Å²) in [6.07, 6.45) is -0.339. The first-order valence-corrected chi connectivity index (χ1v) is 11.2. The van der Waals surface area contributed by atoms with Gasteiger partial charge in [-0.05, 0) is 0 Å². The molecular weight excluding hydrogens is 424 g/mol. The van der Waals surface area contributed by atoms with E-state index in [1.165, 1.54) is 0 Å². The van der Waals surface area contributed by atoms with Gasteiger partial charge in [0.05, 0.1) is 92.5 Å². The summed E-state index contributed by atoms with van der Waals surface area (Å²) in [5, 5.41) is 0. The lowest BCUT2D eigenvalue weighted by molar-refractivity contribution is -0.0997. The number of hydrogen-bond donors (Lipinski definition) is 0. The second-order valence-corrected chi connectivity index (χ2v) is 7.29. The van der Waals surface area contributed by atoms with Gasteiger partial charge in [0.1, 0.15) is 12.2 Å². The Labute approximate surface area is 194 Å². The van der Waals surface area contributed by atoms with Crippen LogP contribution in [0.1, 0.15) is 6.92 Å². The lowest BCUT2D eigenvalue weighted by Gasteiger charge is -2.23. The number of ether oxygens (including phenoxy) is 10. The SMILES string of the molecule is COCCOCC(COCCOC)OCC(C)COC(COCCOC)COCCOC. The molecule has 0 spiro atoms. The Morgan fingerprint density at radius 2 is 0.688 bits per heavy atom. The van der Waals surface area contributed by atoms with E-state index in [1.807, 2.05) is 0 Å².